The van der Waals surface area contributed by atoms with Crippen LogP contribution in [-0.2, 0) is 0 Å². The van der Waals surface area contributed by atoms with Crippen LogP contribution in [0.4, 0.5) is 0 Å². The van der Waals surface area contributed by atoms with Gasteiger partial charge in [0.2, 0.25) is 5.89 Å². The van der Waals surface area contributed by atoms with Crippen molar-refractivity contribution in [1.29, 1.82) is 0 Å². The quantitative estimate of drug-likeness (QED) is 0.803. The third kappa shape index (κ3) is 2.07. The van der Waals surface area contributed by atoms with Gasteiger partial charge in [-0.3, -0.25) is 0 Å². The smallest absolute Gasteiger partial charge is 0.284 e. The minimum Gasteiger partial charge on any atom is -0.409 e. The molecule has 0 atom stereocenters. The summed E-state index contributed by atoms with van der Waals surface area (Å²) in [6, 6.07) is 6.24. The molecule has 0 spiro atoms. The molecule has 0 saturated carbocycles. The summed E-state index contributed by atoms with van der Waals surface area (Å²) >= 11 is 4.88. The highest BCUT2D eigenvalue weighted by Crippen LogP contribution is 2.28. The van der Waals surface area contributed by atoms with E-state index in [0.717, 1.165) is 5.56 Å². The van der Waals surface area contributed by atoms with Gasteiger partial charge in [0, 0.05) is 5.56 Å². The number of H-pyrrole nitrogens is 1. The summed E-state index contributed by atoms with van der Waals surface area (Å²) < 4.78 is 5.35. The fourth-order valence-electron chi connectivity index (χ4n) is 1.70. The first-order valence-corrected chi connectivity index (χ1v) is 5.65. The number of rotatable bonds is 2. The van der Waals surface area contributed by atoms with E-state index < -0.39 is 0 Å². The van der Waals surface area contributed by atoms with Crippen LogP contribution in [0.5, 0.6) is 0 Å². The lowest BCUT2D eigenvalue weighted by atomic mass is 9.95. The van der Waals surface area contributed by atoms with Gasteiger partial charge in [-0.05, 0) is 36.7 Å². The molecule has 2 aromatic rings. The van der Waals surface area contributed by atoms with Crippen molar-refractivity contribution < 1.29 is 4.42 Å². The maximum absolute atomic E-state index is 5.35. The van der Waals surface area contributed by atoms with Crippen molar-refractivity contribution in [3.05, 3.63) is 34.2 Å². The molecule has 0 unspecified atom stereocenters. The SMILES string of the molecule is Cc1ccc(-c2n[nH]c(=S)o2)c(C(C)C)c1. The van der Waals surface area contributed by atoms with Gasteiger partial charge < -0.3 is 4.42 Å². The lowest BCUT2D eigenvalue weighted by Crippen LogP contribution is -1.93. The summed E-state index contributed by atoms with van der Waals surface area (Å²) in [6.07, 6.45) is 0. The van der Waals surface area contributed by atoms with Crippen molar-refractivity contribution in [2.24, 2.45) is 0 Å². The van der Waals surface area contributed by atoms with Crippen LogP contribution in [0.1, 0.15) is 30.9 Å². The van der Waals surface area contributed by atoms with Gasteiger partial charge in [0.05, 0.1) is 0 Å². The molecular formula is C12H14N2OS. The zero-order valence-corrected chi connectivity index (χ0v) is 10.4. The molecule has 1 N–H and O–H groups in total. The van der Waals surface area contributed by atoms with E-state index >= 15 is 0 Å². The highest BCUT2D eigenvalue weighted by molar-refractivity contribution is 7.71. The molecule has 0 fully saturated rings. The van der Waals surface area contributed by atoms with Crippen molar-refractivity contribution in [2.45, 2.75) is 26.7 Å². The predicted molar refractivity (Wildman–Crippen MR) is 65.9 cm³/mol. The maximum Gasteiger partial charge on any atom is 0.284 e. The number of aromatic nitrogens is 2. The van der Waals surface area contributed by atoms with E-state index in [1.165, 1.54) is 11.1 Å². The molecule has 0 aliphatic rings. The van der Waals surface area contributed by atoms with Crippen LogP contribution in [0, 0.1) is 11.8 Å². The molecule has 4 heteroatoms. The highest BCUT2D eigenvalue weighted by Gasteiger charge is 2.12. The Hall–Kier alpha value is -1.42. The molecule has 3 nitrogen and oxygen atoms in total. The molecule has 2 rings (SSSR count). The van der Waals surface area contributed by atoms with Gasteiger partial charge >= 0.3 is 0 Å². The first-order chi connectivity index (χ1) is 7.58. The van der Waals surface area contributed by atoms with Gasteiger partial charge in [0.15, 0.2) is 0 Å². The Morgan fingerprint density at radius 2 is 2.12 bits per heavy atom. The Morgan fingerprint density at radius 1 is 1.38 bits per heavy atom. The van der Waals surface area contributed by atoms with E-state index in [1.54, 1.807) is 0 Å². The maximum atomic E-state index is 5.35. The van der Waals surface area contributed by atoms with E-state index in [4.69, 9.17) is 16.6 Å². The first-order valence-electron chi connectivity index (χ1n) is 5.24. The van der Waals surface area contributed by atoms with Gasteiger partial charge in [-0.25, -0.2) is 5.10 Å². The molecule has 0 amide bonds. The van der Waals surface area contributed by atoms with Gasteiger partial charge in [-0.1, -0.05) is 31.5 Å². The number of aromatic amines is 1. The minimum absolute atomic E-state index is 0.310. The largest absolute Gasteiger partial charge is 0.409 e. The second-order valence-electron chi connectivity index (χ2n) is 4.16. The summed E-state index contributed by atoms with van der Waals surface area (Å²) in [5, 5.41) is 6.71. The number of nitrogens with zero attached hydrogens (tertiary/aromatic N) is 1. The van der Waals surface area contributed by atoms with E-state index in [-0.39, 0.29) is 0 Å². The van der Waals surface area contributed by atoms with Crippen molar-refractivity contribution >= 4 is 12.2 Å². The fraction of sp³-hybridized carbons (Fsp3) is 0.333. The molecule has 0 aliphatic carbocycles. The summed E-state index contributed by atoms with van der Waals surface area (Å²) in [5.74, 6) is 0.990. The Bertz CT molecular complexity index is 554. The molecule has 0 aliphatic heterocycles. The predicted octanol–water partition coefficient (Wildman–Crippen LogP) is 3.83. The number of hydrogen-bond donors (Lipinski definition) is 1. The lowest BCUT2D eigenvalue weighted by Gasteiger charge is -2.10. The van der Waals surface area contributed by atoms with Crippen LogP contribution in [-0.4, -0.2) is 10.2 Å². The molecule has 0 radical (unpaired) electrons. The third-order valence-corrected chi connectivity index (χ3v) is 2.67. The van der Waals surface area contributed by atoms with Crippen LogP contribution in [0.25, 0.3) is 11.5 Å². The average molecular weight is 234 g/mol. The van der Waals surface area contributed by atoms with Crippen LogP contribution in [0.2, 0.25) is 0 Å². The standard InChI is InChI=1S/C12H14N2OS/c1-7(2)10-6-8(3)4-5-9(10)11-13-14-12(16)15-11/h4-7H,1-3H3,(H,14,16). The van der Waals surface area contributed by atoms with Crippen LogP contribution < -0.4 is 0 Å². The number of nitrogens with one attached hydrogen (secondary N) is 1. The van der Waals surface area contributed by atoms with E-state index in [1.807, 2.05) is 6.07 Å². The van der Waals surface area contributed by atoms with Crippen molar-refractivity contribution in [2.75, 3.05) is 0 Å². The number of hydrogen-bond acceptors (Lipinski definition) is 3. The van der Waals surface area contributed by atoms with Crippen molar-refractivity contribution in [1.82, 2.24) is 10.2 Å². The van der Waals surface area contributed by atoms with Gasteiger partial charge in [0.1, 0.15) is 0 Å². The Labute approximate surface area is 99.5 Å². The average Bonchev–Trinajstić information content (AvgIpc) is 2.64. The molecular weight excluding hydrogens is 220 g/mol. The highest BCUT2D eigenvalue weighted by atomic mass is 32.1. The molecule has 1 heterocycles. The van der Waals surface area contributed by atoms with Crippen molar-refractivity contribution in [3.8, 4) is 11.5 Å². The van der Waals surface area contributed by atoms with Crippen LogP contribution >= 0.6 is 12.2 Å². The van der Waals surface area contributed by atoms with Gasteiger partial charge in [-0.2, -0.15) is 0 Å². The summed E-state index contributed by atoms with van der Waals surface area (Å²) in [5.41, 5.74) is 3.47. The first kappa shape index (κ1) is 11.1. The Kier molecular flexibility index (Phi) is 2.92. The van der Waals surface area contributed by atoms with E-state index in [0.29, 0.717) is 16.6 Å². The molecule has 0 bridgehead atoms. The molecule has 84 valence electrons. The zero-order chi connectivity index (χ0) is 11.7. The topological polar surface area (TPSA) is 41.8 Å². The molecule has 0 saturated heterocycles. The molecule has 1 aromatic carbocycles. The number of aryl methyl sites for hydroxylation is 1. The minimum atomic E-state index is 0.310. The lowest BCUT2D eigenvalue weighted by molar-refractivity contribution is 0.551. The summed E-state index contributed by atoms with van der Waals surface area (Å²) in [6.45, 7) is 6.38. The second-order valence-corrected chi connectivity index (χ2v) is 4.53. The van der Waals surface area contributed by atoms with Gasteiger partial charge in [0.25, 0.3) is 4.84 Å². The molecule has 16 heavy (non-hydrogen) atoms. The molecule has 1 aromatic heterocycles. The van der Waals surface area contributed by atoms with Gasteiger partial charge in [-0.15, -0.1) is 5.10 Å². The summed E-state index contributed by atoms with van der Waals surface area (Å²) in [7, 11) is 0. The summed E-state index contributed by atoms with van der Waals surface area (Å²) in [4.78, 5) is 0.310. The monoisotopic (exact) mass is 234 g/mol. The van der Waals surface area contributed by atoms with E-state index in [2.05, 4.69) is 43.1 Å². The fourth-order valence-corrected chi connectivity index (χ4v) is 1.82. The number of benzene rings is 1. The van der Waals surface area contributed by atoms with Crippen LogP contribution in [0.3, 0.4) is 0 Å². The normalized spacial score (nSPS) is 11.0. The second kappa shape index (κ2) is 4.22. The zero-order valence-electron chi connectivity index (χ0n) is 9.57. The third-order valence-electron chi connectivity index (χ3n) is 2.50. The Morgan fingerprint density at radius 3 is 2.69 bits per heavy atom. The van der Waals surface area contributed by atoms with Crippen LogP contribution in [0.15, 0.2) is 22.6 Å². The van der Waals surface area contributed by atoms with E-state index in [9.17, 15) is 0 Å². The van der Waals surface area contributed by atoms with Crippen molar-refractivity contribution in [3.63, 3.8) is 0 Å². The Balaban J connectivity index is 2.60.